The molecule has 0 heterocycles. The molecule has 0 aromatic heterocycles. The highest BCUT2D eigenvalue weighted by Crippen LogP contribution is 2.10. The first kappa shape index (κ1) is 54.0. The van der Waals surface area contributed by atoms with E-state index in [1.54, 1.807) is 0 Å². The van der Waals surface area contributed by atoms with Gasteiger partial charge in [0.25, 0.3) is 0 Å². The monoisotopic (exact) mass is 799 g/mol. The quantitative estimate of drug-likeness (QED) is 0.0352. The summed E-state index contributed by atoms with van der Waals surface area (Å²) < 4.78 is 17.1. The lowest BCUT2D eigenvalue weighted by molar-refractivity contribution is -0.162. The van der Waals surface area contributed by atoms with Crippen molar-refractivity contribution < 1.29 is 23.8 Å². The first-order valence-corrected chi connectivity index (χ1v) is 22.7. The van der Waals surface area contributed by atoms with Gasteiger partial charge in [-0.2, -0.15) is 0 Å². The van der Waals surface area contributed by atoms with Crippen molar-refractivity contribution in [1.29, 1.82) is 0 Å². The summed E-state index contributed by atoms with van der Waals surface area (Å²) in [6.45, 7) is 7.27. The van der Waals surface area contributed by atoms with Crippen LogP contribution < -0.4 is 0 Å². The van der Waals surface area contributed by atoms with Gasteiger partial charge in [-0.1, -0.05) is 193 Å². The first-order valence-electron chi connectivity index (χ1n) is 22.7. The second-order valence-electron chi connectivity index (χ2n) is 14.2. The third kappa shape index (κ3) is 44.8. The van der Waals surface area contributed by atoms with Crippen LogP contribution >= 0.6 is 0 Å². The molecule has 1 atom stereocenters. The highest BCUT2D eigenvalue weighted by atomic mass is 16.6. The summed E-state index contributed by atoms with van der Waals surface area (Å²) in [5, 5.41) is 0. The number of esters is 2. The maximum absolute atomic E-state index is 12.6. The van der Waals surface area contributed by atoms with Crippen molar-refractivity contribution in [3.05, 3.63) is 134 Å². The normalized spacial score (nSPS) is 13.5. The van der Waals surface area contributed by atoms with E-state index >= 15 is 0 Å². The minimum atomic E-state index is -0.611. The molecule has 0 aromatic carbocycles. The Kier molecular flexibility index (Phi) is 44.2. The Morgan fingerprint density at radius 1 is 0.414 bits per heavy atom. The highest BCUT2D eigenvalue weighted by molar-refractivity contribution is 5.71. The Labute approximate surface area is 356 Å². The number of hydrogen-bond acceptors (Lipinski definition) is 5. The summed E-state index contributed by atoms with van der Waals surface area (Å²) in [5.74, 6) is -0.596. The smallest absolute Gasteiger partial charge is 0.309 e. The summed E-state index contributed by atoms with van der Waals surface area (Å²) in [6.07, 6.45) is 67.9. The number of carbonyl (C=O) groups excluding carboxylic acids is 2. The Bertz CT molecular complexity index is 1270. The molecule has 58 heavy (non-hydrogen) atoms. The second kappa shape index (κ2) is 47.4. The molecule has 1 unspecified atom stereocenters. The average molecular weight is 799 g/mol. The summed E-state index contributed by atoms with van der Waals surface area (Å²) in [6, 6.07) is 0. The van der Waals surface area contributed by atoms with Crippen LogP contribution in [0.3, 0.4) is 0 Å². The third-order valence-electron chi connectivity index (χ3n) is 8.71. The average Bonchev–Trinajstić information content (AvgIpc) is 3.22. The van der Waals surface area contributed by atoms with Crippen LogP contribution in [0, 0.1) is 0 Å². The van der Waals surface area contributed by atoms with Gasteiger partial charge in [0.15, 0.2) is 6.10 Å². The van der Waals surface area contributed by atoms with Gasteiger partial charge in [0.2, 0.25) is 0 Å². The van der Waals surface area contributed by atoms with Crippen molar-refractivity contribution in [2.75, 3.05) is 19.8 Å². The van der Waals surface area contributed by atoms with Crippen LogP contribution in [0.25, 0.3) is 0 Å². The molecule has 0 rings (SSSR count). The fourth-order valence-corrected chi connectivity index (χ4v) is 5.42. The molecule has 0 radical (unpaired) electrons. The van der Waals surface area contributed by atoms with E-state index in [1.807, 2.05) is 12.2 Å². The topological polar surface area (TPSA) is 61.8 Å². The van der Waals surface area contributed by atoms with Crippen LogP contribution in [0.15, 0.2) is 134 Å². The van der Waals surface area contributed by atoms with Crippen LogP contribution in [0.5, 0.6) is 0 Å². The number of allylic oxidation sites excluding steroid dienone is 21. The molecule has 0 spiro atoms. The Hall–Kier alpha value is -3.96. The van der Waals surface area contributed by atoms with E-state index in [2.05, 4.69) is 142 Å². The van der Waals surface area contributed by atoms with Crippen molar-refractivity contribution >= 4 is 11.9 Å². The molecule has 0 aromatic rings. The van der Waals surface area contributed by atoms with Gasteiger partial charge in [-0.15, -0.1) is 0 Å². The van der Waals surface area contributed by atoms with Crippen LogP contribution in [0.2, 0.25) is 0 Å². The molecule has 0 amide bonds. The van der Waals surface area contributed by atoms with Crippen molar-refractivity contribution in [3.8, 4) is 0 Å². The molecule has 0 aliphatic rings. The first-order chi connectivity index (χ1) is 28.6. The van der Waals surface area contributed by atoms with Gasteiger partial charge >= 0.3 is 11.9 Å². The number of hydrogen-bond donors (Lipinski definition) is 0. The van der Waals surface area contributed by atoms with Crippen molar-refractivity contribution in [2.24, 2.45) is 0 Å². The van der Waals surface area contributed by atoms with Gasteiger partial charge in [-0.05, 0) is 89.9 Å². The molecule has 0 aliphatic heterocycles. The maximum Gasteiger partial charge on any atom is 0.309 e. The minimum absolute atomic E-state index is 0.000548. The fourth-order valence-electron chi connectivity index (χ4n) is 5.42. The van der Waals surface area contributed by atoms with Gasteiger partial charge in [0.05, 0.1) is 13.0 Å². The van der Waals surface area contributed by atoms with Gasteiger partial charge in [-0.3, -0.25) is 9.59 Å². The summed E-state index contributed by atoms with van der Waals surface area (Å²) in [4.78, 5) is 25.1. The van der Waals surface area contributed by atoms with Gasteiger partial charge in [0.1, 0.15) is 6.61 Å². The summed E-state index contributed by atoms with van der Waals surface area (Å²) in [7, 11) is 0. The van der Waals surface area contributed by atoms with Gasteiger partial charge in [-0.25, -0.2) is 0 Å². The lowest BCUT2D eigenvalue weighted by Crippen LogP contribution is -2.30. The SMILES string of the molecule is CC/C=C\C/C=C\C/C=C\C/C=C\C/C=C\C/C=C\CCCOCC(COC(=O)C/C=C\C/C=C\C/C=C\C/C=C\C/C=C\CC)OC(=O)CCCCCCCCC. The number of carbonyl (C=O) groups is 2. The zero-order valence-corrected chi connectivity index (χ0v) is 37.0. The van der Waals surface area contributed by atoms with Crippen molar-refractivity contribution in [3.63, 3.8) is 0 Å². The van der Waals surface area contributed by atoms with E-state index in [0.29, 0.717) is 13.0 Å². The standard InChI is InChI=1S/C53H82O5/c1-4-7-10-13-16-18-20-22-24-25-26-27-28-30-32-34-36-39-42-45-48-56-49-51(58-53(55)47-44-41-37-15-12-9-6-3)50-57-52(54)46-43-40-38-35-33-31-29-23-21-19-17-14-11-8-5-2/h7-8,10-11,16-19,22-24,26-27,29-30,32-33,35-36,39-40,43,51H,4-6,9,12-15,20-21,25,28,31,34,37-38,41-42,44-50H2,1-3H3/b10-7-,11-8-,18-16-,19-17-,24-22-,27-26-,29-23-,32-30-,35-33-,39-36-,43-40-. The zero-order chi connectivity index (χ0) is 42.1. The Balaban J connectivity index is 4.41. The maximum atomic E-state index is 12.6. The van der Waals surface area contributed by atoms with Crippen LogP contribution in [0.4, 0.5) is 0 Å². The molecule has 0 aliphatic carbocycles. The van der Waals surface area contributed by atoms with E-state index in [0.717, 1.165) is 103 Å². The number of ether oxygens (including phenoxy) is 3. The third-order valence-corrected chi connectivity index (χ3v) is 8.71. The molecular formula is C53H82O5. The second-order valence-corrected chi connectivity index (χ2v) is 14.2. The lowest BCUT2D eigenvalue weighted by atomic mass is 10.1. The molecule has 0 saturated heterocycles. The summed E-state index contributed by atoms with van der Waals surface area (Å²) in [5.41, 5.74) is 0. The van der Waals surface area contributed by atoms with Crippen LogP contribution in [-0.4, -0.2) is 37.9 Å². The van der Waals surface area contributed by atoms with E-state index < -0.39 is 6.10 Å². The molecule has 0 bridgehead atoms. The van der Waals surface area contributed by atoms with Crippen LogP contribution in [0.1, 0.15) is 162 Å². The molecule has 324 valence electrons. The molecule has 5 nitrogen and oxygen atoms in total. The molecular weight excluding hydrogens is 717 g/mol. The number of rotatable bonds is 39. The lowest BCUT2D eigenvalue weighted by Gasteiger charge is -2.18. The molecule has 0 N–H and O–H groups in total. The fraction of sp³-hybridized carbons (Fsp3) is 0.547. The van der Waals surface area contributed by atoms with E-state index in [9.17, 15) is 9.59 Å². The van der Waals surface area contributed by atoms with Crippen molar-refractivity contribution in [1.82, 2.24) is 0 Å². The Morgan fingerprint density at radius 3 is 1.26 bits per heavy atom. The zero-order valence-electron chi connectivity index (χ0n) is 37.0. The van der Waals surface area contributed by atoms with E-state index in [4.69, 9.17) is 14.2 Å². The van der Waals surface area contributed by atoms with E-state index in [-0.39, 0.29) is 31.6 Å². The van der Waals surface area contributed by atoms with Gasteiger partial charge < -0.3 is 14.2 Å². The van der Waals surface area contributed by atoms with Gasteiger partial charge in [0, 0.05) is 13.0 Å². The molecule has 5 heteroatoms. The molecule has 0 saturated carbocycles. The minimum Gasteiger partial charge on any atom is -0.461 e. The number of unbranched alkanes of at least 4 members (excludes halogenated alkanes) is 7. The summed E-state index contributed by atoms with van der Waals surface area (Å²) >= 11 is 0. The predicted molar refractivity (Wildman–Crippen MR) is 251 cm³/mol. The predicted octanol–water partition coefficient (Wildman–Crippen LogP) is 15.2. The largest absolute Gasteiger partial charge is 0.461 e. The van der Waals surface area contributed by atoms with Crippen LogP contribution in [-0.2, 0) is 23.8 Å². The Morgan fingerprint density at radius 2 is 0.810 bits per heavy atom. The molecule has 0 fully saturated rings. The van der Waals surface area contributed by atoms with Crippen molar-refractivity contribution in [2.45, 2.75) is 168 Å². The highest BCUT2D eigenvalue weighted by Gasteiger charge is 2.17. The van der Waals surface area contributed by atoms with E-state index in [1.165, 1.54) is 25.7 Å².